The number of ether oxygens (including phenoxy) is 1. The van der Waals surface area contributed by atoms with Crippen molar-refractivity contribution in [1.29, 1.82) is 0 Å². The predicted octanol–water partition coefficient (Wildman–Crippen LogP) is 1.25. The molecule has 0 aliphatic heterocycles. The fraction of sp³-hybridized carbons (Fsp3) is 0.250. The molecule has 2 rings (SSSR count). The molecule has 0 bridgehead atoms. The Balaban J connectivity index is 0.00000242. The quantitative estimate of drug-likeness (QED) is 0.766. The van der Waals surface area contributed by atoms with E-state index in [4.69, 9.17) is 4.74 Å². The summed E-state index contributed by atoms with van der Waals surface area (Å²) in [5.41, 5.74) is 2.92. The van der Waals surface area contributed by atoms with Gasteiger partial charge in [0.15, 0.2) is 0 Å². The second-order valence-electron chi connectivity index (χ2n) is 5.38. The Bertz CT molecular complexity index is 636. The van der Waals surface area contributed by atoms with Crippen LogP contribution >= 0.6 is 0 Å². The molecule has 0 fully saturated rings. The minimum atomic E-state index is -4.97. The summed E-state index contributed by atoms with van der Waals surface area (Å²) in [5, 5.41) is 0. The summed E-state index contributed by atoms with van der Waals surface area (Å²) in [6.07, 6.45) is 0. The van der Waals surface area contributed by atoms with E-state index in [1.807, 2.05) is 26.0 Å². The SMILES string of the molecule is Cc1cc(C)cc(COc2ccc([B-](F)(F)F)c(C)c2)c1.[K+]. The van der Waals surface area contributed by atoms with Gasteiger partial charge in [0.1, 0.15) is 12.4 Å². The van der Waals surface area contributed by atoms with Crippen molar-refractivity contribution >= 4 is 12.4 Å². The summed E-state index contributed by atoms with van der Waals surface area (Å²) in [4.78, 5) is 0. The molecule has 0 aromatic heterocycles. The van der Waals surface area contributed by atoms with E-state index in [0.717, 1.165) is 22.8 Å². The van der Waals surface area contributed by atoms with E-state index < -0.39 is 12.4 Å². The number of halogens is 3. The van der Waals surface area contributed by atoms with E-state index in [1.54, 1.807) is 0 Å². The molecule has 0 radical (unpaired) electrons. The van der Waals surface area contributed by atoms with Crippen molar-refractivity contribution < 1.29 is 69.1 Å². The topological polar surface area (TPSA) is 9.23 Å². The van der Waals surface area contributed by atoms with Gasteiger partial charge in [-0.15, -0.1) is 5.46 Å². The van der Waals surface area contributed by atoms with Crippen LogP contribution in [0.1, 0.15) is 22.3 Å². The van der Waals surface area contributed by atoms with Crippen LogP contribution in [0, 0.1) is 20.8 Å². The maximum Gasteiger partial charge on any atom is 1.00 e. The maximum atomic E-state index is 12.7. The zero-order chi connectivity index (χ0) is 15.6. The Morgan fingerprint density at radius 1 is 0.909 bits per heavy atom. The third-order valence-electron chi connectivity index (χ3n) is 3.28. The van der Waals surface area contributed by atoms with Gasteiger partial charge in [0.05, 0.1) is 0 Å². The first-order valence-electron chi connectivity index (χ1n) is 6.76. The second-order valence-corrected chi connectivity index (χ2v) is 5.38. The van der Waals surface area contributed by atoms with Crippen LogP contribution in [0.3, 0.4) is 0 Å². The molecule has 0 atom stereocenters. The molecular formula is C16H17BF3KO. The maximum absolute atomic E-state index is 12.7. The number of aryl methyl sites for hydroxylation is 3. The van der Waals surface area contributed by atoms with E-state index in [9.17, 15) is 12.9 Å². The molecule has 0 heterocycles. The van der Waals surface area contributed by atoms with Crippen LogP contribution in [0.2, 0.25) is 0 Å². The van der Waals surface area contributed by atoms with Crippen molar-refractivity contribution in [2.45, 2.75) is 27.4 Å². The van der Waals surface area contributed by atoms with Crippen LogP contribution in [0.25, 0.3) is 0 Å². The molecule has 6 heteroatoms. The van der Waals surface area contributed by atoms with Crippen LogP contribution in [-0.4, -0.2) is 6.98 Å². The van der Waals surface area contributed by atoms with Gasteiger partial charge in [0.2, 0.25) is 0 Å². The molecule has 0 amide bonds. The standard InChI is InChI=1S/C16H17BF3O.K/c1-11-6-12(2)8-14(7-11)10-21-15-4-5-16(13(3)9-15)17(18,19)20;/h4-9H,10H2,1-3H3;/q-1;+1. The summed E-state index contributed by atoms with van der Waals surface area (Å²) in [6.45, 7) is 0.831. The third-order valence-corrected chi connectivity index (χ3v) is 3.28. The van der Waals surface area contributed by atoms with E-state index in [0.29, 0.717) is 12.4 Å². The predicted molar refractivity (Wildman–Crippen MR) is 80.1 cm³/mol. The smallest absolute Gasteiger partial charge is 0.489 e. The molecular weight excluding hydrogens is 315 g/mol. The molecule has 0 N–H and O–H groups in total. The Labute approximate surface area is 171 Å². The van der Waals surface area contributed by atoms with E-state index in [2.05, 4.69) is 6.07 Å². The van der Waals surface area contributed by atoms with Gasteiger partial charge < -0.3 is 17.7 Å². The van der Waals surface area contributed by atoms with Gasteiger partial charge in [-0.1, -0.05) is 41.0 Å². The van der Waals surface area contributed by atoms with Gasteiger partial charge in [-0.2, -0.15) is 0 Å². The van der Waals surface area contributed by atoms with E-state index >= 15 is 0 Å². The zero-order valence-electron chi connectivity index (χ0n) is 13.3. The van der Waals surface area contributed by atoms with E-state index in [-0.39, 0.29) is 56.9 Å². The summed E-state index contributed by atoms with van der Waals surface area (Å²) >= 11 is 0. The van der Waals surface area contributed by atoms with Gasteiger partial charge in [0.25, 0.3) is 0 Å². The van der Waals surface area contributed by atoms with Gasteiger partial charge in [0, 0.05) is 0 Å². The fourth-order valence-corrected chi connectivity index (χ4v) is 2.42. The molecule has 112 valence electrons. The molecule has 0 aliphatic carbocycles. The van der Waals surface area contributed by atoms with Gasteiger partial charge in [-0.05, 0) is 38.5 Å². The van der Waals surface area contributed by atoms with Crippen LogP contribution in [0.5, 0.6) is 5.75 Å². The van der Waals surface area contributed by atoms with Crippen molar-refractivity contribution in [3.8, 4) is 5.75 Å². The van der Waals surface area contributed by atoms with Crippen LogP contribution in [0.15, 0.2) is 36.4 Å². The minimum absolute atomic E-state index is 0. The third kappa shape index (κ3) is 5.42. The van der Waals surface area contributed by atoms with Gasteiger partial charge >= 0.3 is 58.4 Å². The average Bonchev–Trinajstić information content (AvgIpc) is 2.33. The fourth-order valence-electron chi connectivity index (χ4n) is 2.42. The summed E-state index contributed by atoms with van der Waals surface area (Å²) < 4.78 is 43.8. The summed E-state index contributed by atoms with van der Waals surface area (Å²) in [6, 6.07) is 9.98. The van der Waals surface area contributed by atoms with Gasteiger partial charge in [-0.25, -0.2) is 0 Å². The molecule has 0 unspecified atom stereocenters. The Kier molecular flexibility index (Phi) is 7.21. The number of rotatable bonds is 4. The Morgan fingerprint density at radius 3 is 2.00 bits per heavy atom. The molecule has 0 spiro atoms. The molecule has 1 nitrogen and oxygen atoms in total. The van der Waals surface area contributed by atoms with Crippen molar-refractivity contribution in [2.75, 3.05) is 0 Å². The summed E-state index contributed by atoms with van der Waals surface area (Å²) in [7, 11) is 0. The van der Waals surface area contributed by atoms with Gasteiger partial charge in [-0.3, -0.25) is 0 Å². The van der Waals surface area contributed by atoms with Crippen LogP contribution in [-0.2, 0) is 6.61 Å². The van der Waals surface area contributed by atoms with Crippen molar-refractivity contribution in [1.82, 2.24) is 0 Å². The second kappa shape index (κ2) is 8.02. The number of benzene rings is 2. The Morgan fingerprint density at radius 2 is 1.50 bits per heavy atom. The molecule has 0 saturated carbocycles. The Hall–Kier alpha value is -0.269. The van der Waals surface area contributed by atoms with E-state index in [1.165, 1.54) is 19.1 Å². The monoisotopic (exact) mass is 332 g/mol. The molecule has 2 aromatic rings. The molecule has 2 aromatic carbocycles. The molecule has 0 aliphatic rings. The van der Waals surface area contributed by atoms with Crippen molar-refractivity contribution in [2.24, 2.45) is 0 Å². The summed E-state index contributed by atoms with van der Waals surface area (Å²) in [5.74, 6) is 0.454. The van der Waals surface area contributed by atoms with Crippen molar-refractivity contribution in [3.05, 3.63) is 58.7 Å². The van der Waals surface area contributed by atoms with Crippen molar-refractivity contribution in [3.63, 3.8) is 0 Å². The van der Waals surface area contributed by atoms with Crippen LogP contribution in [0.4, 0.5) is 12.9 Å². The first-order valence-corrected chi connectivity index (χ1v) is 6.76. The molecule has 0 saturated heterocycles. The average molecular weight is 332 g/mol. The first kappa shape index (κ1) is 19.8. The molecule has 22 heavy (non-hydrogen) atoms. The first-order chi connectivity index (χ1) is 9.75. The zero-order valence-corrected chi connectivity index (χ0v) is 16.4. The normalized spacial score (nSPS) is 11.0. The number of hydrogen-bond donors (Lipinski definition) is 0. The largest absolute Gasteiger partial charge is 1.00 e. The number of hydrogen-bond acceptors (Lipinski definition) is 1. The van der Waals surface area contributed by atoms with Crippen LogP contribution < -0.4 is 61.6 Å². The minimum Gasteiger partial charge on any atom is -0.489 e.